The lowest BCUT2D eigenvalue weighted by Crippen LogP contribution is -2.43. The summed E-state index contributed by atoms with van der Waals surface area (Å²) in [4.78, 5) is 0. The van der Waals surface area contributed by atoms with E-state index < -0.39 is 0 Å². The van der Waals surface area contributed by atoms with Crippen LogP contribution in [0.4, 0.5) is 0 Å². The monoisotopic (exact) mass is 295 g/mol. The number of methoxy groups -OCH3 is 3. The third-order valence-corrected chi connectivity index (χ3v) is 4.12. The van der Waals surface area contributed by atoms with Crippen molar-refractivity contribution in [3.05, 3.63) is 23.8 Å². The van der Waals surface area contributed by atoms with Gasteiger partial charge in [-0.2, -0.15) is 0 Å². The number of nitrogens with one attached hydrogen (secondary N) is 1. The Labute approximate surface area is 128 Å². The predicted octanol–water partition coefficient (Wildman–Crippen LogP) is 3.56. The van der Waals surface area contributed by atoms with E-state index >= 15 is 0 Å². The molecule has 1 rings (SSSR count). The first-order valence-electron chi connectivity index (χ1n) is 7.56. The normalized spacial score (nSPS) is 15.3. The molecule has 0 aliphatic carbocycles. The highest BCUT2D eigenvalue weighted by Crippen LogP contribution is 2.36. The fourth-order valence-corrected chi connectivity index (χ4v) is 2.47. The van der Waals surface area contributed by atoms with Gasteiger partial charge in [-0.1, -0.05) is 19.9 Å². The van der Waals surface area contributed by atoms with E-state index in [-0.39, 0.29) is 11.6 Å². The van der Waals surface area contributed by atoms with Gasteiger partial charge >= 0.3 is 0 Å². The molecular formula is C17H29NO3. The Balaban J connectivity index is 3.19. The van der Waals surface area contributed by atoms with Crippen LogP contribution in [-0.2, 0) is 4.74 Å². The number of rotatable bonds is 9. The van der Waals surface area contributed by atoms with Crippen LogP contribution in [0, 0.1) is 0 Å². The van der Waals surface area contributed by atoms with Gasteiger partial charge in [0, 0.05) is 7.11 Å². The first-order chi connectivity index (χ1) is 10.1. The Hall–Kier alpha value is -1.26. The smallest absolute Gasteiger partial charge is 0.161 e. The summed E-state index contributed by atoms with van der Waals surface area (Å²) in [6.07, 6.45) is 1.99. The minimum atomic E-state index is -0.269. The van der Waals surface area contributed by atoms with Crippen molar-refractivity contribution in [3.63, 3.8) is 0 Å². The SMILES string of the molecule is CCCNC(c1ccc(OC)c(OC)c1)C(C)(CC)OC. The van der Waals surface area contributed by atoms with Crippen LogP contribution in [0.25, 0.3) is 0 Å². The average molecular weight is 295 g/mol. The van der Waals surface area contributed by atoms with Gasteiger partial charge in [-0.3, -0.25) is 0 Å². The molecule has 0 heterocycles. The molecule has 0 bridgehead atoms. The van der Waals surface area contributed by atoms with E-state index in [0.717, 1.165) is 36.4 Å². The second kappa shape index (κ2) is 8.25. The van der Waals surface area contributed by atoms with Gasteiger partial charge in [0.25, 0.3) is 0 Å². The molecule has 1 N–H and O–H groups in total. The second-order valence-electron chi connectivity index (χ2n) is 5.37. The second-order valence-corrected chi connectivity index (χ2v) is 5.37. The van der Waals surface area contributed by atoms with Gasteiger partial charge in [0.05, 0.1) is 25.9 Å². The molecule has 21 heavy (non-hydrogen) atoms. The zero-order chi connectivity index (χ0) is 15.9. The molecule has 0 aliphatic rings. The van der Waals surface area contributed by atoms with E-state index in [4.69, 9.17) is 14.2 Å². The van der Waals surface area contributed by atoms with Gasteiger partial charge in [-0.05, 0) is 44.0 Å². The van der Waals surface area contributed by atoms with E-state index in [0.29, 0.717) is 0 Å². The lowest BCUT2D eigenvalue weighted by Gasteiger charge is -2.37. The first-order valence-corrected chi connectivity index (χ1v) is 7.56. The van der Waals surface area contributed by atoms with Crippen molar-refractivity contribution in [1.29, 1.82) is 0 Å². The molecule has 4 nitrogen and oxygen atoms in total. The van der Waals surface area contributed by atoms with Gasteiger partial charge in [0.15, 0.2) is 11.5 Å². The Morgan fingerprint density at radius 1 is 1.10 bits per heavy atom. The topological polar surface area (TPSA) is 39.7 Å². The van der Waals surface area contributed by atoms with Crippen molar-refractivity contribution in [2.24, 2.45) is 0 Å². The third kappa shape index (κ3) is 4.11. The summed E-state index contributed by atoms with van der Waals surface area (Å²) in [5.41, 5.74) is 0.877. The maximum atomic E-state index is 5.80. The largest absolute Gasteiger partial charge is 0.493 e. The van der Waals surface area contributed by atoms with Crippen LogP contribution in [0.15, 0.2) is 18.2 Å². The Morgan fingerprint density at radius 3 is 2.24 bits per heavy atom. The van der Waals surface area contributed by atoms with Crippen molar-refractivity contribution >= 4 is 0 Å². The average Bonchev–Trinajstić information content (AvgIpc) is 2.54. The lowest BCUT2D eigenvalue weighted by molar-refractivity contribution is -0.0299. The summed E-state index contributed by atoms with van der Waals surface area (Å²) < 4.78 is 16.5. The number of ether oxygens (including phenoxy) is 3. The fraction of sp³-hybridized carbons (Fsp3) is 0.647. The zero-order valence-corrected chi connectivity index (χ0v) is 14.2. The van der Waals surface area contributed by atoms with Crippen molar-refractivity contribution in [3.8, 4) is 11.5 Å². The van der Waals surface area contributed by atoms with Crippen LogP contribution in [0.2, 0.25) is 0 Å². The molecule has 2 unspecified atom stereocenters. The molecule has 0 amide bonds. The molecule has 0 aliphatic heterocycles. The molecular weight excluding hydrogens is 266 g/mol. The highest BCUT2D eigenvalue weighted by Gasteiger charge is 2.33. The molecule has 0 saturated carbocycles. The van der Waals surface area contributed by atoms with E-state index in [1.54, 1.807) is 21.3 Å². The Bertz CT molecular complexity index is 430. The minimum absolute atomic E-state index is 0.104. The maximum Gasteiger partial charge on any atom is 0.161 e. The van der Waals surface area contributed by atoms with Crippen molar-refractivity contribution < 1.29 is 14.2 Å². The van der Waals surface area contributed by atoms with Gasteiger partial charge < -0.3 is 19.5 Å². The summed E-state index contributed by atoms with van der Waals surface area (Å²) in [6.45, 7) is 7.38. The Morgan fingerprint density at radius 2 is 1.76 bits per heavy atom. The van der Waals surface area contributed by atoms with Gasteiger partial charge in [-0.15, -0.1) is 0 Å². The summed E-state index contributed by atoms with van der Waals surface area (Å²) in [5.74, 6) is 1.49. The van der Waals surface area contributed by atoms with E-state index in [1.807, 2.05) is 12.1 Å². The van der Waals surface area contributed by atoms with Crippen LogP contribution in [0.1, 0.15) is 45.2 Å². The first kappa shape index (κ1) is 17.8. The van der Waals surface area contributed by atoms with Crippen LogP contribution < -0.4 is 14.8 Å². The molecule has 1 aromatic rings. The molecule has 1 aromatic carbocycles. The quantitative estimate of drug-likeness (QED) is 0.756. The molecule has 2 atom stereocenters. The third-order valence-electron chi connectivity index (χ3n) is 4.12. The van der Waals surface area contributed by atoms with Crippen LogP contribution in [0.3, 0.4) is 0 Å². The lowest BCUT2D eigenvalue weighted by atomic mass is 9.87. The van der Waals surface area contributed by atoms with Crippen LogP contribution in [0.5, 0.6) is 11.5 Å². The van der Waals surface area contributed by atoms with E-state index in [9.17, 15) is 0 Å². The number of hydrogen-bond acceptors (Lipinski definition) is 4. The highest BCUT2D eigenvalue weighted by molar-refractivity contribution is 5.44. The summed E-state index contributed by atoms with van der Waals surface area (Å²) >= 11 is 0. The minimum Gasteiger partial charge on any atom is -0.493 e. The van der Waals surface area contributed by atoms with Gasteiger partial charge in [0.1, 0.15) is 0 Å². The molecule has 4 heteroatoms. The Kier molecular flexibility index (Phi) is 6.99. The molecule has 0 radical (unpaired) electrons. The summed E-state index contributed by atoms with van der Waals surface area (Å²) in [5, 5.41) is 3.60. The molecule has 0 aromatic heterocycles. The van der Waals surface area contributed by atoms with Gasteiger partial charge in [0.2, 0.25) is 0 Å². The molecule has 0 fully saturated rings. The predicted molar refractivity (Wildman–Crippen MR) is 86.3 cm³/mol. The van der Waals surface area contributed by atoms with E-state index in [1.165, 1.54) is 0 Å². The molecule has 0 saturated heterocycles. The van der Waals surface area contributed by atoms with Crippen LogP contribution in [-0.4, -0.2) is 33.5 Å². The number of hydrogen-bond donors (Lipinski definition) is 1. The zero-order valence-electron chi connectivity index (χ0n) is 14.2. The maximum absolute atomic E-state index is 5.80. The summed E-state index contributed by atoms with van der Waals surface area (Å²) in [6, 6.07) is 6.15. The van der Waals surface area contributed by atoms with Crippen molar-refractivity contribution in [2.75, 3.05) is 27.9 Å². The van der Waals surface area contributed by atoms with Crippen LogP contribution >= 0.6 is 0 Å². The fourth-order valence-electron chi connectivity index (χ4n) is 2.47. The standard InChI is InChI=1S/C17H29NO3/c1-7-11-18-16(17(3,8-2)21-6)13-9-10-14(19-4)15(12-13)20-5/h9-10,12,16,18H,7-8,11H2,1-6H3. The molecule has 0 spiro atoms. The number of benzene rings is 1. The summed E-state index contributed by atoms with van der Waals surface area (Å²) in [7, 11) is 5.08. The van der Waals surface area contributed by atoms with E-state index in [2.05, 4.69) is 32.2 Å². The highest BCUT2D eigenvalue weighted by atomic mass is 16.5. The van der Waals surface area contributed by atoms with Crippen molar-refractivity contribution in [2.45, 2.75) is 45.3 Å². The van der Waals surface area contributed by atoms with Gasteiger partial charge in [-0.25, -0.2) is 0 Å². The molecule has 120 valence electrons. The van der Waals surface area contributed by atoms with Crippen molar-refractivity contribution in [1.82, 2.24) is 5.32 Å².